The van der Waals surface area contributed by atoms with E-state index in [1.54, 1.807) is 14.0 Å². The fraction of sp³-hybridized carbons (Fsp3) is 0.700. The van der Waals surface area contributed by atoms with Gasteiger partial charge in [0, 0.05) is 13.1 Å². The van der Waals surface area contributed by atoms with Crippen molar-refractivity contribution in [2.45, 2.75) is 30.0 Å². The number of aryl methyl sites for hydroxylation is 1. The molecule has 1 N–H and O–H groups in total. The summed E-state index contributed by atoms with van der Waals surface area (Å²) >= 11 is 1.07. The van der Waals surface area contributed by atoms with Crippen molar-refractivity contribution in [1.82, 2.24) is 14.6 Å². The van der Waals surface area contributed by atoms with Crippen molar-refractivity contribution < 1.29 is 8.42 Å². The quantitative estimate of drug-likeness (QED) is 0.878. The fourth-order valence-corrected chi connectivity index (χ4v) is 4.62. The van der Waals surface area contributed by atoms with Gasteiger partial charge in [0.15, 0.2) is 9.72 Å². The molecular formula is C10H16N3O2S2. The van der Waals surface area contributed by atoms with Gasteiger partial charge < -0.3 is 5.32 Å². The van der Waals surface area contributed by atoms with Gasteiger partial charge in [0.2, 0.25) is 0 Å². The molecule has 1 aromatic heterocycles. The van der Waals surface area contributed by atoms with Crippen LogP contribution in [0.3, 0.4) is 0 Å². The van der Waals surface area contributed by atoms with E-state index < -0.39 is 10.0 Å². The number of rotatable bonds is 3. The zero-order valence-corrected chi connectivity index (χ0v) is 11.6. The van der Waals surface area contributed by atoms with E-state index in [4.69, 9.17) is 0 Å². The summed E-state index contributed by atoms with van der Waals surface area (Å²) in [5.41, 5.74) is 3.17. The van der Waals surface area contributed by atoms with Crippen molar-refractivity contribution in [3.8, 4) is 0 Å². The summed E-state index contributed by atoms with van der Waals surface area (Å²) in [6, 6.07) is 0.0859. The number of thiazole rings is 1. The molecule has 0 unspecified atom stereocenters. The van der Waals surface area contributed by atoms with Gasteiger partial charge in [0.25, 0.3) is 10.0 Å². The molecule has 1 aliphatic heterocycles. The number of nitrogens with zero attached hydrogens (tertiary/aromatic N) is 2. The van der Waals surface area contributed by atoms with E-state index in [0.29, 0.717) is 9.90 Å². The molecule has 1 saturated heterocycles. The molecule has 0 aliphatic carbocycles. The van der Waals surface area contributed by atoms with Gasteiger partial charge in [-0.3, -0.25) is 0 Å². The molecule has 0 amide bonds. The highest BCUT2D eigenvalue weighted by molar-refractivity contribution is 7.91. The second-order valence-electron chi connectivity index (χ2n) is 4.18. The standard InChI is InChI=1S/C10H16N3O2S2/c1-8-10(16-7-12-8)17(14,15)13(2)9-3-5-11-6-4-9/h9,11H,3-6H2,1-2H3. The average molecular weight is 274 g/mol. The SMILES string of the molecule is Cc1n[c]sc1S(=O)(=O)N(C)C1CCNCC1. The summed E-state index contributed by atoms with van der Waals surface area (Å²) in [6.07, 6.45) is 1.72. The molecule has 0 aromatic carbocycles. The van der Waals surface area contributed by atoms with Gasteiger partial charge in [0.05, 0.1) is 5.69 Å². The van der Waals surface area contributed by atoms with Crippen LogP contribution in [0.1, 0.15) is 18.5 Å². The fourth-order valence-electron chi connectivity index (χ4n) is 1.99. The Morgan fingerprint density at radius 3 is 2.65 bits per heavy atom. The van der Waals surface area contributed by atoms with Crippen molar-refractivity contribution in [1.29, 1.82) is 0 Å². The number of hydrogen-bond acceptors (Lipinski definition) is 5. The molecule has 1 aliphatic rings. The molecule has 2 heterocycles. The number of piperidine rings is 1. The highest BCUT2D eigenvalue weighted by atomic mass is 32.2. The first-order chi connectivity index (χ1) is 8.03. The van der Waals surface area contributed by atoms with Gasteiger partial charge in [-0.15, -0.1) is 0 Å². The first-order valence-corrected chi connectivity index (χ1v) is 7.81. The molecule has 0 spiro atoms. The monoisotopic (exact) mass is 274 g/mol. The van der Waals surface area contributed by atoms with Gasteiger partial charge in [0.1, 0.15) is 0 Å². The van der Waals surface area contributed by atoms with E-state index in [-0.39, 0.29) is 6.04 Å². The van der Waals surface area contributed by atoms with Gasteiger partial charge >= 0.3 is 0 Å². The first-order valence-electron chi connectivity index (χ1n) is 5.55. The third kappa shape index (κ3) is 2.52. The highest BCUT2D eigenvalue weighted by Crippen LogP contribution is 2.25. The normalized spacial score (nSPS) is 18.8. The molecule has 1 radical (unpaired) electrons. The van der Waals surface area contributed by atoms with Crippen molar-refractivity contribution in [2.24, 2.45) is 0 Å². The van der Waals surface area contributed by atoms with Gasteiger partial charge in [-0.25, -0.2) is 13.4 Å². The Hall–Kier alpha value is -0.500. The van der Waals surface area contributed by atoms with Crippen molar-refractivity contribution in [3.05, 3.63) is 11.2 Å². The maximum Gasteiger partial charge on any atom is 0.254 e. The van der Waals surface area contributed by atoms with Crippen LogP contribution in [0.15, 0.2) is 4.21 Å². The molecule has 0 atom stereocenters. The van der Waals surface area contributed by atoms with Gasteiger partial charge in [-0.2, -0.15) is 4.31 Å². The van der Waals surface area contributed by atoms with Crippen molar-refractivity contribution in [3.63, 3.8) is 0 Å². The lowest BCUT2D eigenvalue weighted by Crippen LogP contribution is -2.43. The minimum atomic E-state index is -3.40. The molecule has 5 nitrogen and oxygen atoms in total. The van der Waals surface area contributed by atoms with Crippen LogP contribution in [0.2, 0.25) is 0 Å². The number of hydrogen-bond donors (Lipinski definition) is 1. The van der Waals surface area contributed by atoms with Crippen molar-refractivity contribution in [2.75, 3.05) is 20.1 Å². The van der Waals surface area contributed by atoms with E-state index in [2.05, 4.69) is 15.8 Å². The van der Waals surface area contributed by atoms with Crippen LogP contribution < -0.4 is 5.32 Å². The second kappa shape index (κ2) is 5.01. The van der Waals surface area contributed by atoms with E-state index in [9.17, 15) is 8.42 Å². The first kappa shape index (κ1) is 12.9. The van der Waals surface area contributed by atoms with Gasteiger partial charge in [-0.05, 0) is 32.9 Å². The van der Waals surface area contributed by atoms with Crippen LogP contribution in [0.5, 0.6) is 0 Å². The van der Waals surface area contributed by atoms with Crippen LogP contribution in [-0.2, 0) is 10.0 Å². The average Bonchev–Trinajstić information content (AvgIpc) is 2.76. The lowest BCUT2D eigenvalue weighted by molar-refractivity contribution is 0.297. The third-order valence-corrected chi connectivity index (χ3v) is 6.45. The molecule has 95 valence electrons. The molecule has 7 heteroatoms. The van der Waals surface area contributed by atoms with Crippen LogP contribution >= 0.6 is 11.3 Å². The predicted octanol–water partition coefficient (Wildman–Crippen LogP) is 0.624. The Labute approximate surface area is 106 Å². The van der Waals surface area contributed by atoms with E-state index in [1.807, 2.05) is 0 Å². The maximum absolute atomic E-state index is 12.4. The summed E-state index contributed by atoms with van der Waals surface area (Å²) < 4.78 is 26.5. The van der Waals surface area contributed by atoms with Crippen molar-refractivity contribution >= 4 is 21.4 Å². The van der Waals surface area contributed by atoms with Crippen LogP contribution in [0, 0.1) is 12.4 Å². The molecule has 1 fully saturated rings. The lowest BCUT2D eigenvalue weighted by Gasteiger charge is -2.30. The summed E-state index contributed by atoms with van der Waals surface area (Å²) in [4.78, 5) is 3.89. The lowest BCUT2D eigenvalue weighted by atomic mass is 10.1. The van der Waals surface area contributed by atoms with Crippen LogP contribution in [0.25, 0.3) is 0 Å². The second-order valence-corrected chi connectivity index (χ2v) is 7.17. The molecule has 0 saturated carbocycles. The maximum atomic E-state index is 12.4. The molecule has 17 heavy (non-hydrogen) atoms. The number of sulfonamides is 1. The molecule has 1 aromatic rings. The Kier molecular flexibility index (Phi) is 3.82. The molecule has 0 bridgehead atoms. The number of nitrogens with one attached hydrogen (secondary N) is 1. The highest BCUT2D eigenvalue weighted by Gasteiger charge is 2.31. The summed E-state index contributed by atoms with van der Waals surface area (Å²) in [5.74, 6) is 0. The van der Waals surface area contributed by atoms with Crippen LogP contribution in [0.4, 0.5) is 0 Å². The van der Waals surface area contributed by atoms with E-state index >= 15 is 0 Å². The smallest absolute Gasteiger partial charge is 0.254 e. The Morgan fingerprint density at radius 1 is 1.47 bits per heavy atom. The summed E-state index contributed by atoms with van der Waals surface area (Å²) in [7, 11) is -1.74. The molecule has 2 rings (SSSR count). The Morgan fingerprint density at radius 2 is 2.12 bits per heavy atom. The largest absolute Gasteiger partial charge is 0.317 e. The minimum absolute atomic E-state index is 0.0859. The summed E-state index contributed by atoms with van der Waals surface area (Å²) in [6.45, 7) is 3.45. The van der Waals surface area contributed by atoms with Gasteiger partial charge in [-0.1, -0.05) is 11.3 Å². The topological polar surface area (TPSA) is 62.3 Å². The molecular weight excluding hydrogens is 258 g/mol. The predicted molar refractivity (Wildman–Crippen MR) is 66.5 cm³/mol. The van der Waals surface area contributed by atoms with E-state index in [1.165, 1.54) is 4.31 Å². The zero-order chi connectivity index (χ0) is 12.5. The minimum Gasteiger partial charge on any atom is -0.317 e. The Bertz CT molecular complexity index is 477. The third-order valence-electron chi connectivity index (χ3n) is 3.08. The number of aromatic nitrogens is 1. The van der Waals surface area contributed by atoms with E-state index in [0.717, 1.165) is 37.3 Å². The van der Waals surface area contributed by atoms with Crippen LogP contribution in [-0.4, -0.2) is 43.9 Å². The Balaban J connectivity index is 2.23. The zero-order valence-electron chi connectivity index (χ0n) is 9.93. The summed E-state index contributed by atoms with van der Waals surface area (Å²) in [5, 5.41) is 3.23.